The molecule has 0 spiro atoms. The number of hydrogen-bond donors (Lipinski definition) is 1. The number of aromatic nitrogens is 2. The molecule has 0 unspecified atom stereocenters. The third-order valence-corrected chi connectivity index (χ3v) is 5.13. The zero-order valence-electron chi connectivity index (χ0n) is 20.0. The van der Waals surface area contributed by atoms with E-state index in [4.69, 9.17) is 9.47 Å². The topological polar surface area (TPSA) is 111 Å². The van der Waals surface area contributed by atoms with Crippen LogP contribution in [0, 0.1) is 0 Å². The number of nitrogens with one attached hydrogen (secondary N) is 1. The van der Waals surface area contributed by atoms with Crippen molar-refractivity contribution in [3.05, 3.63) is 58.1 Å². The number of nitrogens with zero attached hydrogens (tertiary/aromatic N) is 2. The van der Waals surface area contributed by atoms with Gasteiger partial charge < -0.3 is 14.5 Å². The lowest BCUT2D eigenvalue weighted by Gasteiger charge is -2.23. The number of ether oxygens (including phenoxy) is 2. The first-order valence-corrected chi connectivity index (χ1v) is 10.9. The maximum Gasteiger partial charge on any atom is 0.421 e. The molecule has 1 aromatic carbocycles. The van der Waals surface area contributed by atoms with E-state index < -0.39 is 34.9 Å². The summed E-state index contributed by atoms with van der Waals surface area (Å²) in [6.07, 6.45) is 1.65. The summed E-state index contributed by atoms with van der Waals surface area (Å²) in [7, 11) is 0. The van der Waals surface area contributed by atoms with Crippen molar-refractivity contribution in [2.45, 2.75) is 59.3 Å². The van der Waals surface area contributed by atoms with Crippen LogP contribution in [0.4, 0.5) is 9.59 Å². The summed E-state index contributed by atoms with van der Waals surface area (Å²) in [4.78, 5) is 55.0. The molecule has 3 heterocycles. The van der Waals surface area contributed by atoms with Crippen LogP contribution in [0.2, 0.25) is 0 Å². The second kappa shape index (κ2) is 7.86. The lowest BCUT2D eigenvalue weighted by atomic mass is 9.99. The summed E-state index contributed by atoms with van der Waals surface area (Å²) in [5.41, 5.74) is 1.07. The van der Waals surface area contributed by atoms with Crippen LogP contribution < -0.4 is 5.56 Å². The van der Waals surface area contributed by atoms with E-state index in [-0.39, 0.29) is 6.54 Å². The highest BCUT2D eigenvalue weighted by molar-refractivity contribution is 6.07. The summed E-state index contributed by atoms with van der Waals surface area (Å²) >= 11 is 0. The Hall–Kier alpha value is -3.88. The maximum absolute atomic E-state index is 13.1. The fourth-order valence-electron chi connectivity index (χ4n) is 3.79. The van der Waals surface area contributed by atoms with Crippen molar-refractivity contribution >= 4 is 18.1 Å². The molecule has 0 bridgehead atoms. The lowest BCUT2D eigenvalue weighted by molar-refractivity contribution is 0.0247. The zero-order valence-corrected chi connectivity index (χ0v) is 20.0. The van der Waals surface area contributed by atoms with E-state index in [0.29, 0.717) is 33.5 Å². The highest BCUT2D eigenvalue weighted by atomic mass is 16.6. The predicted molar refractivity (Wildman–Crippen MR) is 125 cm³/mol. The molecule has 0 aromatic heterocycles. The zero-order chi connectivity index (χ0) is 25.0. The first kappa shape index (κ1) is 23.3. The normalized spacial score (nSPS) is 13.8. The van der Waals surface area contributed by atoms with Crippen molar-refractivity contribution < 1.29 is 23.9 Å². The van der Waals surface area contributed by atoms with Gasteiger partial charge in [-0.05, 0) is 70.9 Å². The molecule has 9 heteroatoms. The van der Waals surface area contributed by atoms with Gasteiger partial charge >= 0.3 is 12.2 Å². The SMILES string of the molecule is CC(C)(C)OC(=O)N1Cc2cc(-c3[nH]ccc4cn(C(=O)OC(C)(C)C)c(=O)c3-4)ccc2C1=O. The highest BCUT2D eigenvalue weighted by Crippen LogP contribution is 2.33. The maximum atomic E-state index is 13.1. The molecule has 0 saturated heterocycles. The van der Waals surface area contributed by atoms with Crippen LogP contribution >= 0.6 is 0 Å². The van der Waals surface area contributed by atoms with Gasteiger partial charge in [-0.1, -0.05) is 6.07 Å². The average Bonchev–Trinajstić information content (AvgIpc) is 3.22. The molecule has 0 aliphatic carbocycles. The van der Waals surface area contributed by atoms with Crippen LogP contribution in [0.5, 0.6) is 0 Å². The minimum absolute atomic E-state index is 0.0655. The van der Waals surface area contributed by atoms with E-state index in [2.05, 4.69) is 4.98 Å². The van der Waals surface area contributed by atoms with E-state index in [1.807, 2.05) is 0 Å². The summed E-state index contributed by atoms with van der Waals surface area (Å²) in [5.74, 6) is -0.432. The minimum atomic E-state index is -0.757. The average molecular weight is 466 g/mol. The third kappa shape index (κ3) is 4.33. The second-order valence-electron chi connectivity index (χ2n) is 10.2. The quantitative estimate of drug-likeness (QED) is 0.561. The van der Waals surface area contributed by atoms with Crippen molar-refractivity contribution in [1.29, 1.82) is 0 Å². The Morgan fingerprint density at radius 3 is 2.21 bits per heavy atom. The van der Waals surface area contributed by atoms with Crippen LogP contribution in [-0.4, -0.2) is 43.7 Å². The number of rotatable bonds is 1. The van der Waals surface area contributed by atoms with Gasteiger partial charge in [-0.25, -0.2) is 19.1 Å². The fraction of sp³-hybridized carbons (Fsp3) is 0.360. The largest absolute Gasteiger partial charge is 0.443 e. The molecule has 0 radical (unpaired) electrons. The molecule has 4 rings (SSSR count). The van der Waals surface area contributed by atoms with E-state index in [9.17, 15) is 19.2 Å². The van der Waals surface area contributed by atoms with Crippen LogP contribution in [0.15, 0.2) is 41.5 Å². The molecule has 0 fully saturated rings. The van der Waals surface area contributed by atoms with Gasteiger partial charge in [0.1, 0.15) is 11.2 Å². The van der Waals surface area contributed by atoms with E-state index >= 15 is 0 Å². The lowest BCUT2D eigenvalue weighted by Crippen LogP contribution is -2.36. The number of fused-ring (bicyclic) bond motifs is 2. The molecule has 9 nitrogen and oxygen atoms in total. The molecule has 3 aliphatic rings. The Labute approximate surface area is 196 Å². The molecular weight excluding hydrogens is 438 g/mol. The number of hydrogen-bond acceptors (Lipinski definition) is 6. The number of amides is 2. The van der Waals surface area contributed by atoms with Gasteiger partial charge in [0, 0.05) is 23.5 Å². The van der Waals surface area contributed by atoms with Crippen LogP contribution in [0.3, 0.4) is 0 Å². The highest BCUT2D eigenvalue weighted by Gasteiger charge is 2.35. The monoisotopic (exact) mass is 465 g/mol. The van der Waals surface area contributed by atoms with E-state index in [1.54, 1.807) is 72.0 Å². The van der Waals surface area contributed by atoms with Crippen molar-refractivity contribution in [2.75, 3.05) is 0 Å². The minimum Gasteiger partial charge on any atom is -0.443 e. The summed E-state index contributed by atoms with van der Waals surface area (Å²) in [6.45, 7) is 10.4. The number of carbonyl (C=O) groups excluding carboxylic acids is 3. The molecule has 34 heavy (non-hydrogen) atoms. The molecule has 0 atom stereocenters. The standard InChI is InChI=1S/C25H27N3O6/c1-24(2,3)33-22(31)27-13-16-11-14(7-8-17(16)20(27)29)19-18-15(9-10-26-19)12-28(21(18)30)23(32)34-25(4,5)6/h7-12,26H,13H2,1-6H3. The van der Waals surface area contributed by atoms with E-state index in [0.717, 1.165) is 9.47 Å². The molecule has 0 saturated carbocycles. The number of aromatic amines is 1. The van der Waals surface area contributed by atoms with Crippen LogP contribution in [0.25, 0.3) is 22.4 Å². The number of benzene rings is 1. The van der Waals surface area contributed by atoms with Crippen LogP contribution in [-0.2, 0) is 16.0 Å². The van der Waals surface area contributed by atoms with Gasteiger partial charge in [0.15, 0.2) is 0 Å². The summed E-state index contributed by atoms with van der Waals surface area (Å²) < 4.78 is 11.6. The molecular formula is C25H27N3O6. The predicted octanol–water partition coefficient (Wildman–Crippen LogP) is 4.62. The van der Waals surface area contributed by atoms with Gasteiger partial charge in [-0.3, -0.25) is 9.59 Å². The Morgan fingerprint density at radius 1 is 0.912 bits per heavy atom. The Kier molecular flexibility index (Phi) is 5.38. The molecule has 1 aromatic rings. The fourth-order valence-corrected chi connectivity index (χ4v) is 3.79. The van der Waals surface area contributed by atoms with E-state index in [1.165, 1.54) is 6.20 Å². The van der Waals surface area contributed by atoms with Crippen molar-refractivity contribution in [2.24, 2.45) is 0 Å². The Morgan fingerprint density at radius 2 is 1.56 bits per heavy atom. The second-order valence-corrected chi connectivity index (χ2v) is 10.2. The number of H-pyrrole nitrogens is 1. The molecule has 3 aliphatic heterocycles. The third-order valence-electron chi connectivity index (χ3n) is 5.13. The van der Waals surface area contributed by atoms with Gasteiger partial charge in [-0.15, -0.1) is 0 Å². The number of carbonyl (C=O) groups is 3. The van der Waals surface area contributed by atoms with Crippen LogP contribution in [0.1, 0.15) is 57.5 Å². The first-order valence-electron chi connectivity index (χ1n) is 10.9. The number of imide groups is 1. The number of pyridine rings is 1. The molecule has 2 amide bonds. The van der Waals surface area contributed by atoms with Gasteiger partial charge in [-0.2, -0.15) is 0 Å². The van der Waals surface area contributed by atoms with Gasteiger partial charge in [0.05, 0.1) is 17.8 Å². The summed E-state index contributed by atoms with van der Waals surface area (Å²) in [6, 6.07) is 6.78. The molecule has 178 valence electrons. The molecule has 1 N–H and O–H groups in total. The first-order chi connectivity index (χ1) is 15.7. The Bertz CT molecular complexity index is 1340. The van der Waals surface area contributed by atoms with Gasteiger partial charge in [0.2, 0.25) is 0 Å². The van der Waals surface area contributed by atoms with Crippen molar-refractivity contribution in [1.82, 2.24) is 14.5 Å². The van der Waals surface area contributed by atoms with Crippen molar-refractivity contribution in [3.63, 3.8) is 0 Å². The van der Waals surface area contributed by atoms with Gasteiger partial charge in [0.25, 0.3) is 11.5 Å². The Balaban J connectivity index is 1.71. The van der Waals surface area contributed by atoms with Crippen molar-refractivity contribution in [3.8, 4) is 22.4 Å². The smallest absolute Gasteiger partial charge is 0.421 e. The summed E-state index contributed by atoms with van der Waals surface area (Å²) in [5, 5.41) is 0.